The molecule has 0 aromatic heterocycles. The van der Waals surface area contributed by atoms with E-state index >= 15 is 0 Å². The number of sulfone groups is 1. The van der Waals surface area contributed by atoms with E-state index in [1.54, 1.807) is 24.3 Å². The molecular weight excluding hydrogens is 362 g/mol. The van der Waals surface area contributed by atoms with Gasteiger partial charge in [0.15, 0.2) is 9.84 Å². The summed E-state index contributed by atoms with van der Waals surface area (Å²) in [5.74, 6) is -0.682. The standard InChI is InChI=1S/C21H19NO4S/c1-26-22-13-17(19-8-4-5-9-20(19)21(22)23)14-27(24,25)18-11-10-15-6-2-3-7-16(15)12-18/h2-12,17H,13-14H2,1H3. The molecule has 0 aliphatic carbocycles. The van der Waals surface area contributed by atoms with Crippen LogP contribution in [0.1, 0.15) is 21.8 Å². The summed E-state index contributed by atoms with van der Waals surface area (Å²) >= 11 is 0. The Morgan fingerprint density at radius 1 is 1.00 bits per heavy atom. The van der Waals surface area contributed by atoms with Gasteiger partial charge in [-0.3, -0.25) is 9.63 Å². The first-order valence-electron chi connectivity index (χ1n) is 8.66. The Morgan fingerprint density at radius 2 is 1.70 bits per heavy atom. The second kappa shape index (κ2) is 6.79. The zero-order valence-corrected chi connectivity index (χ0v) is 15.6. The molecule has 1 amide bonds. The van der Waals surface area contributed by atoms with Crippen molar-refractivity contribution in [1.82, 2.24) is 5.06 Å². The van der Waals surface area contributed by atoms with Gasteiger partial charge in [-0.1, -0.05) is 48.5 Å². The molecule has 1 unspecified atom stereocenters. The molecule has 27 heavy (non-hydrogen) atoms. The molecule has 138 valence electrons. The number of hydrogen-bond acceptors (Lipinski definition) is 4. The quantitative estimate of drug-likeness (QED) is 0.695. The number of fused-ring (bicyclic) bond motifs is 2. The SMILES string of the molecule is CON1CC(CS(=O)(=O)c2ccc3ccccc3c2)c2ccccc2C1=O. The minimum absolute atomic E-state index is 0.0878. The number of carbonyl (C=O) groups excluding carboxylic acids is 1. The number of nitrogens with zero attached hydrogens (tertiary/aromatic N) is 1. The van der Waals surface area contributed by atoms with Gasteiger partial charge in [0.05, 0.1) is 24.3 Å². The van der Waals surface area contributed by atoms with Crippen molar-refractivity contribution in [2.75, 3.05) is 19.4 Å². The average Bonchev–Trinajstić information content (AvgIpc) is 2.69. The number of hydroxylamine groups is 2. The van der Waals surface area contributed by atoms with Gasteiger partial charge in [-0.2, -0.15) is 0 Å². The summed E-state index contributed by atoms with van der Waals surface area (Å²) in [5, 5.41) is 3.11. The zero-order chi connectivity index (χ0) is 19.0. The molecule has 0 radical (unpaired) electrons. The third kappa shape index (κ3) is 3.22. The molecule has 3 aromatic carbocycles. The minimum Gasteiger partial charge on any atom is -0.274 e. The maximum absolute atomic E-state index is 13.1. The topological polar surface area (TPSA) is 63.7 Å². The number of amides is 1. The van der Waals surface area contributed by atoms with Crippen LogP contribution in [0.5, 0.6) is 0 Å². The fourth-order valence-corrected chi connectivity index (χ4v) is 5.17. The van der Waals surface area contributed by atoms with Gasteiger partial charge in [0.25, 0.3) is 5.91 Å². The van der Waals surface area contributed by atoms with Crippen LogP contribution in [0.15, 0.2) is 71.6 Å². The molecule has 3 aromatic rings. The first-order chi connectivity index (χ1) is 13.0. The molecule has 0 bridgehead atoms. The van der Waals surface area contributed by atoms with Crippen molar-refractivity contribution >= 4 is 26.5 Å². The highest BCUT2D eigenvalue weighted by Crippen LogP contribution is 2.31. The Labute approximate surface area is 158 Å². The second-order valence-electron chi connectivity index (χ2n) is 6.62. The summed E-state index contributed by atoms with van der Waals surface area (Å²) < 4.78 is 26.2. The van der Waals surface area contributed by atoms with E-state index in [0.29, 0.717) is 10.5 Å². The predicted octanol–water partition coefficient (Wildman–Crippen LogP) is 3.41. The van der Waals surface area contributed by atoms with Crippen LogP contribution < -0.4 is 0 Å². The molecule has 6 heteroatoms. The summed E-state index contributed by atoms with van der Waals surface area (Å²) in [7, 11) is -2.12. The van der Waals surface area contributed by atoms with Crippen LogP contribution in [0.3, 0.4) is 0 Å². The van der Waals surface area contributed by atoms with E-state index in [1.807, 2.05) is 42.5 Å². The van der Waals surface area contributed by atoms with Gasteiger partial charge >= 0.3 is 0 Å². The lowest BCUT2D eigenvalue weighted by Crippen LogP contribution is -2.41. The van der Waals surface area contributed by atoms with E-state index in [2.05, 4.69) is 0 Å². The lowest BCUT2D eigenvalue weighted by molar-refractivity contribution is -0.100. The molecule has 1 aliphatic rings. The summed E-state index contributed by atoms with van der Waals surface area (Å²) in [6, 6.07) is 19.9. The maximum Gasteiger partial charge on any atom is 0.277 e. The molecule has 0 saturated heterocycles. The van der Waals surface area contributed by atoms with Crippen molar-refractivity contribution in [2.45, 2.75) is 10.8 Å². The van der Waals surface area contributed by atoms with Gasteiger partial charge in [-0.15, -0.1) is 0 Å². The highest BCUT2D eigenvalue weighted by Gasteiger charge is 2.34. The Balaban J connectivity index is 1.71. The highest BCUT2D eigenvalue weighted by atomic mass is 32.2. The van der Waals surface area contributed by atoms with Crippen molar-refractivity contribution in [3.8, 4) is 0 Å². The van der Waals surface area contributed by atoms with E-state index in [-0.39, 0.29) is 24.1 Å². The first kappa shape index (κ1) is 17.7. The number of hydrogen-bond donors (Lipinski definition) is 0. The largest absolute Gasteiger partial charge is 0.277 e. The molecule has 5 nitrogen and oxygen atoms in total. The lowest BCUT2D eigenvalue weighted by atomic mass is 9.91. The van der Waals surface area contributed by atoms with E-state index in [9.17, 15) is 13.2 Å². The summed E-state index contributed by atoms with van der Waals surface area (Å²) in [6.45, 7) is 0.207. The van der Waals surface area contributed by atoms with Crippen molar-refractivity contribution < 1.29 is 18.0 Å². The van der Waals surface area contributed by atoms with Crippen LogP contribution in [0.25, 0.3) is 10.8 Å². The normalized spacial score (nSPS) is 17.1. The lowest BCUT2D eigenvalue weighted by Gasteiger charge is -2.32. The molecule has 1 heterocycles. The molecule has 1 atom stereocenters. The second-order valence-corrected chi connectivity index (χ2v) is 8.66. The molecule has 0 spiro atoms. The number of benzene rings is 3. The van der Waals surface area contributed by atoms with E-state index in [4.69, 9.17) is 4.84 Å². The van der Waals surface area contributed by atoms with E-state index in [1.165, 1.54) is 12.2 Å². The number of rotatable bonds is 4. The number of carbonyl (C=O) groups is 1. The van der Waals surface area contributed by atoms with Gasteiger partial charge in [0.2, 0.25) is 0 Å². The summed E-state index contributed by atoms with van der Waals surface area (Å²) in [5.41, 5.74) is 1.24. The maximum atomic E-state index is 13.1. The third-order valence-electron chi connectivity index (χ3n) is 4.96. The van der Waals surface area contributed by atoms with Crippen molar-refractivity contribution in [3.05, 3.63) is 77.9 Å². The van der Waals surface area contributed by atoms with Gasteiger partial charge in [-0.25, -0.2) is 13.5 Å². The van der Waals surface area contributed by atoms with Crippen LogP contribution in [0.2, 0.25) is 0 Å². The highest BCUT2D eigenvalue weighted by molar-refractivity contribution is 7.91. The summed E-state index contributed by atoms with van der Waals surface area (Å²) in [4.78, 5) is 17.9. The van der Waals surface area contributed by atoms with Crippen LogP contribution in [-0.4, -0.2) is 38.8 Å². The van der Waals surface area contributed by atoms with Gasteiger partial charge in [0, 0.05) is 11.5 Å². The molecule has 1 aliphatic heterocycles. The van der Waals surface area contributed by atoms with Crippen molar-refractivity contribution in [3.63, 3.8) is 0 Å². The summed E-state index contributed by atoms with van der Waals surface area (Å²) in [6.07, 6.45) is 0. The molecule has 4 rings (SSSR count). The fraction of sp³-hybridized carbons (Fsp3) is 0.190. The smallest absolute Gasteiger partial charge is 0.274 e. The van der Waals surface area contributed by atoms with Crippen LogP contribution >= 0.6 is 0 Å². The van der Waals surface area contributed by atoms with E-state index < -0.39 is 9.84 Å². The first-order valence-corrected chi connectivity index (χ1v) is 10.3. The monoisotopic (exact) mass is 381 g/mol. The molecule has 0 saturated carbocycles. The zero-order valence-electron chi connectivity index (χ0n) is 14.8. The fourth-order valence-electron chi connectivity index (χ4n) is 3.59. The minimum atomic E-state index is -3.54. The van der Waals surface area contributed by atoms with Crippen molar-refractivity contribution in [1.29, 1.82) is 0 Å². The van der Waals surface area contributed by atoms with Crippen LogP contribution in [-0.2, 0) is 14.7 Å². The van der Waals surface area contributed by atoms with Crippen LogP contribution in [0.4, 0.5) is 0 Å². The molecule has 0 N–H and O–H groups in total. The van der Waals surface area contributed by atoms with Crippen LogP contribution in [0, 0.1) is 0 Å². The third-order valence-corrected chi connectivity index (χ3v) is 6.78. The molecular formula is C21H19NO4S. The average molecular weight is 381 g/mol. The predicted molar refractivity (Wildman–Crippen MR) is 103 cm³/mol. The Kier molecular flexibility index (Phi) is 4.45. The Bertz CT molecular complexity index is 1120. The van der Waals surface area contributed by atoms with E-state index in [0.717, 1.165) is 16.3 Å². The van der Waals surface area contributed by atoms with Gasteiger partial charge in [0.1, 0.15) is 0 Å². The van der Waals surface area contributed by atoms with Gasteiger partial charge < -0.3 is 0 Å². The Hall–Kier alpha value is -2.70. The molecule has 0 fully saturated rings. The van der Waals surface area contributed by atoms with Gasteiger partial charge in [-0.05, 0) is 34.5 Å². The Morgan fingerprint density at radius 3 is 2.48 bits per heavy atom. The van der Waals surface area contributed by atoms with Crippen molar-refractivity contribution in [2.24, 2.45) is 0 Å².